The number of nitrogens with two attached hydrogens (primary N) is 1. The van der Waals surface area contributed by atoms with Crippen LogP contribution in [0, 0.1) is 10.1 Å². The lowest BCUT2D eigenvalue weighted by atomic mass is 10.3. The fourth-order valence-electron chi connectivity index (χ4n) is 1.39. The van der Waals surface area contributed by atoms with Crippen molar-refractivity contribution in [2.24, 2.45) is 0 Å². The van der Waals surface area contributed by atoms with Gasteiger partial charge in [0.25, 0.3) is 5.69 Å². The van der Waals surface area contributed by atoms with Crippen molar-refractivity contribution in [2.75, 3.05) is 5.73 Å². The van der Waals surface area contributed by atoms with Crippen molar-refractivity contribution in [3.63, 3.8) is 0 Å². The molecule has 0 aliphatic rings. The van der Waals surface area contributed by atoms with Crippen molar-refractivity contribution in [3.05, 3.63) is 57.6 Å². The highest BCUT2D eigenvalue weighted by molar-refractivity contribution is 6.32. The Morgan fingerprint density at radius 1 is 1.21 bits per heavy atom. The van der Waals surface area contributed by atoms with Gasteiger partial charge in [0, 0.05) is 23.9 Å². The minimum atomic E-state index is -0.518. The highest BCUT2D eigenvalue weighted by atomic mass is 35.5. The number of non-ortho nitro benzene ring substituents is 1. The van der Waals surface area contributed by atoms with Crippen LogP contribution in [0.15, 0.2) is 42.5 Å². The van der Waals surface area contributed by atoms with E-state index in [1.807, 2.05) is 0 Å². The molecule has 0 spiro atoms. The highest BCUT2D eigenvalue weighted by Gasteiger charge is 2.10. The molecule has 0 fully saturated rings. The van der Waals surface area contributed by atoms with Crippen LogP contribution in [0.3, 0.4) is 0 Å². The Labute approximate surface area is 120 Å². The lowest BCUT2D eigenvalue weighted by Gasteiger charge is -2.07. The number of hydrogen-bond donors (Lipinski definition) is 1. The fourth-order valence-corrected chi connectivity index (χ4v) is 1.60. The van der Waals surface area contributed by atoms with Crippen LogP contribution in [0.4, 0.5) is 11.4 Å². The predicted molar refractivity (Wildman–Crippen MR) is 76.3 cm³/mol. The second-order valence-corrected chi connectivity index (χ2v) is 3.95. The van der Waals surface area contributed by atoms with Crippen molar-refractivity contribution in [3.8, 4) is 11.5 Å². The van der Waals surface area contributed by atoms with Gasteiger partial charge in [-0.15, -0.1) is 12.4 Å². The Morgan fingerprint density at radius 3 is 2.53 bits per heavy atom. The summed E-state index contributed by atoms with van der Waals surface area (Å²) in [5.74, 6) is 0.860. The summed E-state index contributed by atoms with van der Waals surface area (Å²) in [4.78, 5) is 10.0. The van der Waals surface area contributed by atoms with Gasteiger partial charge in [-0.25, -0.2) is 0 Å². The molecule has 2 rings (SSSR count). The number of ether oxygens (including phenoxy) is 1. The first kappa shape index (κ1) is 15.1. The van der Waals surface area contributed by atoms with Crippen molar-refractivity contribution in [1.29, 1.82) is 0 Å². The number of rotatable bonds is 3. The molecule has 7 heteroatoms. The van der Waals surface area contributed by atoms with Crippen molar-refractivity contribution in [2.45, 2.75) is 0 Å². The van der Waals surface area contributed by atoms with Gasteiger partial charge in [-0.2, -0.15) is 0 Å². The molecule has 2 aromatic rings. The van der Waals surface area contributed by atoms with E-state index in [2.05, 4.69) is 0 Å². The maximum atomic E-state index is 10.6. The van der Waals surface area contributed by atoms with Gasteiger partial charge in [0.15, 0.2) is 0 Å². The molecular formula is C12H10Cl2N2O3. The molecule has 0 radical (unpaired) electrons. The molecular weight excluding hydrogens is 291 g/mol. The maximum absolute atomic E-state index is 10.6. The second-order valence-electron chi connectivity index (χ2n) is 3.55. The van der Waals surface area contributed by atoms with Crippen LogP contribution in [0.1, 0.15) is 0 Å². The average Bonchev–Trinajstić information content (AvgIpc) is 2.31. The largest absolute Gasteiger partial charge is 0.456 e. The van der Waals surface area contributed by atoms with Gasteiger partial charge in [-0.05, 0) is 18.2 Å². The Balaban J connectivity index is 0.00000180. The second kappa shape index (κ2) is 6.26. The van der Waals surface area contributed by atoms with Crippen LogP contribution in [-0.2, 0) is 0 Å². The van der Waals surface area contributed by atoms with Crippen LogP contribution in [0.5, 0.6) is 11.5 Å². The Hall–Kier alpha value is -1.98. The Kier molecular flexibility index (Phi) is 4.97. The van der Waals surface area contributed by atoms with Crippen molar-refractivity contribution in [1.82, 2.24) is 0 Å². The van der Waals surface area contributed by atoms with Gasteiger partial charge in [0.1, 0.15) is 11.5 Å². The third kappa shape index (κ3) is 3.74. The van der Waals surface area contributed by atoms with Gasteiger partial charge in [-0.1, -0.05) is 17.7 Å². The lowest BCUT2D eigenvalue weighted by molar-refractivity contribution is -0.384. The zero-order valence-electron chi connectivity index (χ0n) is 9.58. The summed E-state index contributed by atoms with van der Waals surface area (Å²) >= 11 is 5.90. The number of nitro groups is 1. The molecule has 0 atom stereocenters. The molecule has 0 aliphatic carbocycles. The van der Waals surface area contributed by atoms with E-state index in [1.165, 1.54) is 18.2 Å². The minimum Gasteiger partial charge on any atom is -0.456 e. The van der Waals surface area contributed by atoms with E-state index in [0.29, 0.717) is 17.2 Å². The highest BCUT2D eigenvalue weighted by Crippen LogP contribution is 2.32. The smallest absolute Gasteiger partial charge is 0.271 e. The third-order valence-electron chi connectivity index (χ3n) is 2.21. The number of nitrogen functional groups attached to an aromatic ring is 1. The SMILES string of the molecule is Cl.Nc1cccc(Oc2ccc([N+](=O)[O-])cc2Cl)c1. The molecule has 0 aromatic heterocycles. The first-order chi connectivity index (χ1) is 8.56. The monoisotopic (exact) mass is 300 g/mol. The molecule has 0 saturated heterocycles. The molecule has 100 valence electrons. The van der Waals surface area contributed by atoms with Gasteiger partial charge < -0.3 is 10.5 Å². The maximum Gasteiger partial charge on any atom is 0.271 e. The van der Waals surface area contributed by atoms with Gasteiger partial charge in [-0.3, -0.25) is 10.1 Å². The predicted octanol–water partition coefficient (Wildman–Crippen LogP) is 4.04. The molecule has 0 bridgehead atoms. The Morgan fingerprint density at radius 2 is 1.95 bits per heavy atom. The van der Waals surface area contributed by atoms with Gasteiger partial charge in [0.2, 0.25) is 0 Å². The van der Waals surface area contributed by atoms with E-state index in [4.69, 9.17) is 22.1 Å². The normalized spacial score (nSPS) is 9.53. The average molecular weight is 301 g/mol. The molecule has 0 saturated carbocycles. The number of hydrogen-bond acceptors (Lipinski definition) is 4. The van der Waals surface area contributed by atoms with Crippen LogP contribution in [0.25, 0.3) is 0 Å². The quantitative estimate of drug-likeness (QED) is 0.527. The molecule has 0 amide bonds. The summed E-state index contributed by atoms with van der Waals surface area (Å²) < 4.78 is 5.49. The summed E-state index contributed by atoms with van der Waals surface area (Å²) in [6, 6.07) is 10.8. The minimum absolute atomic E-state index is 0. The first-order valence-electron chi connectivity index (χ1n) is 5.03. The van der Waals surface area contributed by atoms with Crippen LogP contribution < -0.4 is 10.5 Å². The molecule has 2 aromatic carbocycles. The summed E-state index contributed by atoms with van der Waals surface area (Å²) in [6.45, 7) is 0. The summed E-state index contributed by atoms with van der Waals surface area (Å²) in [7, 11) is 0. The van der Waals surface area contributed by atoms with E-state index in [1.54, 1.807) is 24.3 Å². The van der Waals surface area contributed by atoms with E-state index >= 15 is 0 Å². The van der Waals surface area contributed by atoms with E-state index in [0.717, 1.165) is 0 Å². The molecule has 0 aliphatic heterocycles. The number of anilines is 1. The first-order valence-corrected chi connectivity index (χ1v) is 5.41. The van der Waals surface area contributed by atoms with Crippen molar-refractivity contribution < 1.29 is 9.66 Å². The van der Waals surface area contributed by atoms with E-state index in [9.17, 15) is 10.1 Å². The van der Waals surface area contributed by atoms with E-state index < -0.39 is 4.92 Å². The number of nitrogens with zero attached hydrogens (tertiary/aromatic N) is 1. The van der Waals surface area contributed by atoms with Gasteiger partial charge in [0.05, 0.1) is 9.95 Å². The number of halogens is 2. The number of nitro benzene ring substituents is 1. The zero-order chi connectivity index (χ0) is 13.1. The van der Waals surface area contributed by atoms with Crippen molar-refractivity contribution >= 4 is 35.4 Å². The third-order valence-corrected chi connectivity index (χ3v) is 2.51. The van der Waals surface area contributed by atoms with Crippen LogP contribution in [0.2, 0.25) is 5.02 Å². The van der Waals surface area contributed by atoms with Crippen LogP contribution in [-0.4, -0.2) is 4.92 Å². The van der Waals surface area contributed by atoms with Crippen LogP contribution >= 0.6 is 24.0 Å². The summed E-state index contributed by atoms with van der Waals surface area (Å²) in [5, 5.41) is 10.7. The van der Waals surface area contributed by atoms with Gasteiger partial charge >= 0.3 is 0 Å². The topological polar surface area (TPSA) is 78.4 Å². The zero-order valence-corrected chi connectivity index (χ0v) is 11.1. The number of benzene rings is 2. The lowest BCUT2D eigenvalue weighted by Crippen LogP contribution is -1.91. The molecule has 0 unspecified atom stereocenters. The molecule has 19 heavy (non-hydrogen) atoms. The molecule has 2 N–H and O–H groups in total. The Bertz CT molecular complexity index is 605. The fraction of sp³-hybridized carbons (Fsp3) is 0. The summed E-state index contributed by atoms with van der Waals surface area (Å²) in [5.41, 5.74) is 6.09. The standard InChI is InChI=1S/C12H9ClN2O3.ClH/c13-11-7-9(15(16)17)4-5-12(11)18-10-3-1-2-8(14)6-10;/h1-7H,14H2;1H. The summed E-state index contributed by atoms with van der Waals surface area (Å²) in [6.07, 6.45) is 0. The molecule has 0 heterocycles. The van der Waals surface area contributed by atoms with E-state index in [-0.39, 0.29) is 23.1 Å². The molecule has 5 nitrogen and oxygen atoms in total.